The summed E-state index contributed by atoms with van der Waals surface area (Å²) in [5.41, 5.74) is 4.77. The van der Waals surface area contributed by atoms with Crippen molar-refractivity contribution in [2.45, 2.75) is 25.0 Å². The number of hydrogen-bond acceptors (Lipinski definition) is 4. The number of piperazine rings is 1. The van der Waals surface area contributed by atoms with Crippen molar-refractivity contribution in [3.8, 4) is 0 Å². The molecule has 1 fully saturated rings. The number of hydrogen-bond donors (Lipinski definition) is 1. The standard InChI is InChI=1S/C29H24FN3O4/c1-37-29(36)19-10-8-18(9-11-19)27-26-22(21-4-2-3-5-23(21)31-26)14-24-28(35)32(16-25(34)33(24)27)15-17-6-12-20(30)13-7-17/h2-13,24,27,31H,14-16H2,1H3/t24-,27-/m0/s1. The van der Waals surface area contributed by atoms with Crippen molar-refractivity contribution >= 4 is 28.7 Å². The largest absolute Gasteiger partial charge is 0.465 e. The second-order valence-electron chi connectivity index (χ2n) is 9.42. The molecule has 1 N–H and O–H groups in total. The summed E-state index contributed by atoms with van der Waals surface area (Å²) in [5, 5.41) is 1.02. The Bertz CT molecular complexity index is 1530. The molecule has 0 unspecified atom stereocenters. The Labute approximate surface area is 212 Å². The van der Waals surface area contributed by atoms with Gasteiger partial charge in [0.25, 0.3) is 0 Å². The first-order valence-corrected chi connectivity index (χ1v) is 12.1. The van der Waals surface area contributed by atoms with E-state index in [9.17, 15) is 18.8 Å². The van der Waals surface area contributed by atoms with E-state index in [0.717, 1.165) is 33.3 Å². The third-order valence-electron chi connectivity index (χ3n) is 7.28. The minimum absolute atomic E-state index is 0.0704. The van der Waals surface area contributed by atoms with Gasteiger partial charge in [-0.2, -0.15) is 0 Å². The highest BCUT2D eigenvalue weighted by Crippen LogP contribution is 2.42. The number of ether oxygens (including phenoxy) is 1. The van der Waals surface area contributed by atoms with Crippen molar-refractivity contribution in [3.63, 3.8) is 0 Å². The van der Waals surface area contributed by atoms with E-state index >= 15 is 0 Å². The summed E-state index contributed by atoms with van der Waals surface area (Å²) < 4.78 is 18.2. The quantitative estimate of drug-likeness (QED) is 0.433. The molecule has 4 aromatic rings. The van der Waals surface area contributed by atoms with Crippen LogP contribution in [0.25, 0.3) is 10.9 Å². The van der Waals surface area contributed by atoms with Crippen LogP contribution < -0.4 is 0 Å². The minimum Gasteiger partial charge on any atom is -0.465 e. The van der Waals surface area contributed by atoms with Crippen LogP contribution in [0.5, 0.6) is 0 Å². The summed E-state index contributed by atoms with van der Waals surface area (Å²) in [6.07, 6.45) is 0.389. The number of rotatable bonds is 4. The number of halogens is 1. The van der Waals surface area contributed by atoms with E-state index in [-0.39, 0.29) is 30.7 Å². The van der Waals surface area contributed by atoms with Gasteiger partial charge >= 0.3 is 5.97 Å². The van der Waals surface area contributed by atoms with Gasteiger partial charge in [0.2, 0.25) is 11.8 Å². The number of H-pyrrole nitrogens is 1. The Morgan fingerprint density at radius 3 is 2.49 bits per heavy atom. The Morgan fingerprint density at radius 1 is 1.03 bits per heavy atom. The van der Waals surface area contributed by atoms with Gasteiger partial charge in [0.05, 0.1) is 18.7 Å². The first-order chi connectivity index (χ1) is 17.9. The number of aromatic amines is 1. The van der Waals surface area contributed by atoms with E-state index in [1.165, 1.54) is 19.2 Å². The lowest BCUT2D eigenvalue weighted by molar-refractivity contribution is -0.159. The van der Waals surface area contributed by atoms with Crippen molar-refractivity contribution in [2.24, 2.45) is 0 Å². The van der Waals surface area contributed by atoms with E-state index in [2.05, 4.69) is 4.98 Å². The summed E-state index contributed by atoms with van der Waals surface area (Å²) in [6, 6.07) is 19.6. The summed E-state index contributed by atoms with van der Waals surface area (Å²) in [6.45, 7) is 0.160. The van der Waals surface area contributed by atoms with Crippen LogP contribution in [0.3, 0.4) is 0 Å². The van der Waals surface area contributed by atoms with Crippen LogP contribution in [0, 0.1) is 5.82 Å². The molecule has 0 bridgehead atoms. The lowest BCUT2D eigenvalue weighted by atomic mass is 9.86. The number of benzene rings is 3. The van der Waals surface area contributed by atoms with E-state index in [4.69, 9.17) is 4.74 Å². The molecule has 3 heterocycles. The Hall–Kier alpha value is -4.46. The molecule has 3 aromatic carbocycles. The molecule has 2 amide bonds. The van der Waals surface area contributed by atoms with Crippen LogP contribution in [-0.2, 0) is 27.3 Å². The summed E-state index contributed by atoms with van der Waals surface area (Å²) in [7, 11) is 1.33. The molecule has 2 atom stereocenters. The lowest BCUT2D eigenvalue weighted by Gasteiger charge is -2.47. The van der Waals surface area contributed by atoms with Crippen LogP contribution in [0.15, 0.2) is 72.8 Å². The summed E-state index contributed by atoms with van der Waals surface area (Å²) in [4.78, 5) is 46.1. The average Bonchev–Trinajstić information content (AvgIpc) is 3.29. The summed E-state index contributed by atoms with van der Waals surface area (Å²) >= 11 is 0. The van der Waals surface area contributed by atoms with Crippen molar-refractivity contribution in [1.82, 2.24) is 14.8 Å². The molecule has 0 spiro atoms. The zero-order valence-corrected chi connectivity index (χ0v) is 20.1. The number of fused-ring (bicyclic) bond motifs is 4. The second kappa shape index (κ2) is 8.89. The Balaban J connectivity index is 1.42. The zero-order chi connectivity index (χ0) is 25.7. The van der Waals surface area contributed by atoms with Crippen molar-refractivity contribution in [3.05, 3.63) is 107 Å². The number of nitrogens with one attached hydrogen (secondary N) is 1. The minimum atomic E-state index is -0.682. The van der Waals surface area contributed by atoms with E-state index < -0.39 is 18.1 Å². The zero-order valence-electron chi connectivity index (χ0n) is 20.1. The topological polar surface area (TPSA) is 82.7 Å². The van der Waals surface area contributed by atoms with Crippen LogP contribution in [-0.4, -0.2) is 52.3 Å². The molecule has 2 aliphatic heterocycles. The Morgan fingerprint density at radius 2 is 1.76 bits per heavy atom. The van der Waals surface area contributed by atoms with Gasteiger partial charge in [0.1, 0.15) is 18.4 Å². The van der Waals surface area contributed by atoms with Crippen LogP contribution in [0.1, 0.15) is 38.8 Å². The maximum atomic E-state index is 13.8. The molecule has 0 radical (unpaired) electrons. The van der Waals surface area contributed by atoms with Gasteiger partial charge in [-0.25, -0.2) is 9.18 Å². The smallest absolute Gasteiger partial charge is 0.337 e. The molecule has 186 valence electrons. The number of methoxy groups -OCH3 is 1. The molecule has 2 aliphatic rings. The molecule has 7 nitrogen and oxygen atoms in total. The number of nitrogens with zero attached hydrogens (tertiary/aromatic N) is 2. The lowest BCUT2D eigenvalue weighted by Crippen LogP contribution is -2.62. The predicted octanol–water partition coefficient (Wildman–Crippen LogP) is 3.98. The monoisotopic (exact) mass is 497 g/mol. The fraction of sp³-hybridized carbons (Fsp3) is 0.207. The molecule has 6 rings (SSSR count). The third kappa shape index (κ3) is 3.85. The average molecular weight is 498 g/mol. The van der Waals surface area contributed by atoms with Crippen LogP contribution in [0.4, 0.5) is 4.39 Å². The Kier molecular flexibility index (Phi) is 5.52. The van der Waals surface area contributed by atoms with Crippen molar-refractivity contribution in [2.75, 3.05) is 13.7 Å². The molecule has 8 heteroatoms. The number of esters is 1. The van der Waals surface area contributed by atoms with Gasteiger partial charge in [-0.15, -0.1) is 0 Å². The maximum absolute atomic E-state index is 13.8. The number of para-hydroxylation sites is 1. The third-order valence-corrected chi connectivity index (χ3v) is 7.28. The number of amides is 2. The molecular weight excluding hydrogens is 473 g/mol. The van der Waals surface area contributed by atoms with E-state index in [0.29, 0.717) is 12.0 Å². The van der Waals surface area contributed by atoms with Crippen LogP contribution in [0.2, 0.25) is 0 Å². The molecule has 1 aromatic heterocycles. The van der Waals surface area contributed by atoms with E-state index in [1.807, 2.05) is 24.3 Å². The summed E-state index contributed by atoms with van der Waals surface area (Å²) in [5.74, 6) is -1.11. The molecule has 0 saturated carbocycles. The number of aromatic nitrogens is 1. The van der Waals surface area contributed by atoms with Crippen molar-refractivity contribution < 1.29 is 23.5 Å². The number of carbonyl (C=O) groups is 3. The molecule has 1 saturated heterocycles. The van der Waals surface area contributed by atoms with Gasteiger partial charge in [-0.05, 0) is 47.0 Å². The van der Waals surface area contributed by atoms with Gasteiger partial charge in [-0.1, -0.05) is 42.5 Å². The van der Waals surface area contributed by atoms with E-state index in [1.54, 1.807) is 46.2 Å². The fourth-order valence-corrected chi connectivity index (χ4v) is 5.53. The normalized spacial score (nSPS) is 19.1. The first kappa shape index (κ1) is 23.0. The molecular formula is C29H24FN3O4. The second-order valence-corrected chi connectivity index (χ2v) is 9.42. The van der Waals surface area contributed by atoms with Gasteiger partial charge < -0.3 is 19.5 Å². The SMILES string of the molecule is COC(=O)c1ccc([C@H]2c3[nH]c4ccccc4c3C[C@H]3C(=O)N(Cc4ccc(F)cc4)CC(=O)N23)cc1. The highest BCUT2D eigenvalue weighted by atomic mass is 19.1. The first-order valence-electron chi connectivity index (χ1n) is 12.1. The highest BCUT2D eigenvalue weighted by Gasteiger charge is 2.48. The van der Waals surface area contributed by atoms with Gasteiger partial charge in [0, 0.05) is 29.6 Å². The molecule has 37 heavy (non-hydrogen) atoms. The van der Waals surface area contributed by atoms with Crippen LogP contribution >= 0.6 is 0 Å². The van der Waals surface area contributed by atoms with Gasteiger partial charge in [-0.3, -0.25) is 9.59 Å². The fourth-order valence-electron chi connectivity index (χ4n) is 5.53. The highest BCUT2D eigenvalue weighted by molar-refractivity contribution is 5.97. The van der Waals surface area contributed by atoms with Gasteiger partial charge in [0.15, 0.2) is 0 Å². The predicted molar refractivity (Wildman–Crippen MR) is 134 cm³/mol. The van der Waals surface area contributed by atoms with Crippen molar-refractivity contribution in [1.29, 1.82) is 0 Å². The maximum Gasteiger partial charge on any atom is 0.337 e. The molecule has 0 aliphatic carbocycles. The number of carbonyl (C=O) groups excluding carboxylic acids is 3.